The van der Waals surface area contributed by atoms with Crippen molar-refractivity contribution in [3.63, 3.8) is 0 Å². The van der Waals surface area contributed by atoms with E-state index in [0.29, 0.717) is 11.1 Å². The van der Waals surface area contributed by atoms with Gasteiger partial charge in [-0.1, -0.05) is 31.2 Å². The molecular formula is C11H15N3O2. The van der Waals surface area contributed by atoms with Crippen molar-refractivity contribution >= 4 is 5.69 Å². The first-order valence-electron chi connectivity index (χ1n) is 5.11. The molecule has 0 bridgehead atoms. The van der Waals surface area contributed by atoms with Crippen molar-refractivity contribution in [2.75, 3.05) is 5.06 Å². The molecule has 5 nitrogen and oxygen atoms in total. The summed E-state index contributed by atoms with van der Waals surface area (Å²) in [5.41, 5.74) is 7.50. The summed E-state index contributed by atoms with van der Waals surface area (Å²) in [6, 6.07) is 7.87. The van der Waals surface area contributed by atoms with Crippen LogP contribution in [0.25, 0.3) is 0 Å². The van der Waals surface area contributed by atoms with E-state index in [4.69, 9.17) is 10.7 Å². The molecule has 0 fully saturated rings. The van der Waals surface area contributed by atoms with Crippen molar-refractivity contribution in [2.45, 2.75) is 19.8 Å². The topological polar surface area (TPSA) is 62.0 Å². The molecule has 0 spiro atoms. The lowest BCUT2D eigenvalue weighted by Crippen LogP contribution is -2.22. The summed E-state index contributed by atoms with van der Waals surface area (Å²) in [6.07, 6.45) is 1.51. The number of hydrogen-bond donors (Lipinski definition) is 2. The Morgan fingerprint density at radius 2 is 2.12 bits per heavy atom. The van der Waals surface area contributed by atoms with E-state index in [1.165, 1.54) is 16.8 Å². The van der Waals surface area contributed by atoms with Crippen LogP contribution in [0.5, 0.6) is 0 Å². The van der Waals surface area contributed by atoms with Gasteiger partial charge in [-0.3, -0.25) is 5.21 Å². The second-order valence-corrected chi connectivity index (χ2v) is 3.98. The maximum absolute atomic E-state index is 9.18. The molecule has 1 aromatic rings. The van der Waals surface area contributed by atoms with Crippen molar-refractivity contribution in [2.24, 2.45) is 5.73 Å². The number of benzene rings is 1. The fraction of sp³-hybridized carbons (Fsp3) is 0.273. The van der Waals surface area contributed by atoms with Crippen molar-refractivity contribution in [3.05, 3.63) is 41.8 Å². The largest absolute Gasteiger partial charge is 0.380 e. The van der Waals surface area contributed by atoms with Gasteiger partial charge in [-0.2, -0.15) is 5.06 Å². The zero-order valence-corrected chi connectivity index (χ0v) is 9.29. The zero-order valence-electron chi connectivity index (χ0n) is 9.29. The van der Waals surface area contributed by atoms with Crippen LogP contribution in [0, 0.1) is 0 Å². The Kier molecular flexibility index (Phi) is 2.72. The maximum Gasteiger partial charge on any atom is 0.176 e. The molecule has 1 aromatic carbocycles. The molecule has 0 radical (unpaired) electrons. The summed E-state index contributed by atoms with van der Waals surface area (Å²) in [5.74, 6) is 0.587. The van der Waals surface area contributed by atoms with Gasteiger partial charge in [-0.25, -0.2) is 0 Å². The summed E-state index contributed by atoms with van der Waals surface area (Å²) in [4.78, 5) is 5.00. The standard InChI is InChI=1S/C11H15N3O2/c1-8(2)9-4-3-5-10(6-9)13-7-11(12)14(15)16-13/h3-8,15H,12H2,1-2H3. The maximum atomic E-state index is 9.18. The van der Waals surface area contributed by atoms with E-state index in [2.05, 4.69) is 13.8 Å². The minimum atomic E-state index is 0.148. The summed E-state index contributed by atoms with van der Waals surface area (Å²) < 4.78 is 0. The van der Waals surface area contributed by atoms with E-state index < -0.39 is 0 Å². The first kappa shape index (κ1) is 10.8. The smallest absolute Gasteiger partial charge is 0.176 e. The van der Waals surface area contributed by atoms with Crippen LogP contribution in [0.15, 0.2) is 36.3 Å². The molecule has 16 heavy (non-hydrogen) atoms. The fourth-order valence-electron chi connectivity index (χ4n) is 1.47. The normalized spacial score (nSPS) is 15.9. The van der Waals surface area contributed by atoms with Crippen LogP contribution in [0.3, 0.4) is 0 Å². The van der Waals surface area contributed by atoms with Gasteiger partial charge in [0.1, 0.15) is 0 Å². The molecule has 0 unspecified atom stereocenters. The molecule has 0 atom stereocenters. The predicted octanol–water partition coefficient (Wildman–Crippen LogP) is 1.93. The number of nitrogens with two attached hydrogens (primary N) is 1. The quantitative estimate of drug-likeness (QED) is 0.799. The van der Waals surface area contributed by atoms with E-state index in [0.717, 1.165) is 5.69 Å². The van der Waals surface area contributed by atoms with Gasteiger partial charge in [0.25, 0.3) is 0 Å². The van der Waals surface area contributed by atoms with Crippen LogP contribution in [0.2, 0.25) is 0 Å². The molecule has 86 valence electrons. The van der Waals surface area contributed by atoms with E-state index in [-0.39, 0.29) is 5.82 Å². The highest BCUT2D eigenvalue weighted by atomic mass is 17.0. The van der Waals surface area contributed by atoms with E-state index in [1.54, 1.807) is 0 Å². The lowest BCUT2D eigenvalue weighted by molar-refractivity contribution is -0.304. The van der Waals surface area contributed by atoms with Gasteiger partial charge in [0.15, 0.2) is 5.82 Å². The highest BCUT2D eigenvalue weighted by Gasteiger charge is 2.20. The summed E-state index contributed by atoms with van der Waals surface area (Å²) >= 11 is 0. The van der Waals surface area contributed by atoms with Crippen LogP contribution in [-0.4, -0.2) is 10.4 Å². The molecule has 2 rings (SSSR count). The molecule has 1 aliphatic heterocycles. The molecule has 0 aromatic heterocycles. The summed E-state index contributed by atoms with van der Waals surface area (Å²) in [5, 5.41) is 11.1. The van der Waals surface area contributed by atoms with Crippen LogP contribution in [0.1, 0.15) is 25.3 Å². The molecule has 0 saturated carbocycles. The molecular weight excluding hydrogens is 206 g/mol. The number of hydrogen-bond acceptors (Lipinski definition) is 5. The lowest BCUT2D eigenvalue weighted by atomic mass is 10.0. The Labute approximate surface area is 94.2 Å². The molecule has 5 heteroatoms. The van der Waals surface area contributed by atoms with E-state index in [1.807, 2.05) is 24.3 Å². The molecule has 0 aliphatic carbocycles. The van der Waals surface area contributed by atoms with Crippen molar-refractivity contribution in [1.29, 1.82) is 0 Å². The molecule has 3 N–H and O–H groups in total. The van der Waals surface area contributed by atoms with Gasteiger partial charge in [0, 0.05) is 0 Å². The second-order valence-electron chi connectivity index (χ2n) is 3.98. The van der Waals surface area contributed by atoms with Crippen LogP contribution < -0.4 is 10.8 Å². The van der Waals surface area contributed by atoms with Crippen molar-refractivity contribution < 1.29 is 10.1 Å². The van der Waals surface area contributed by atoms with Crippen LogP contribution in [0.4, 0.5) is 5.69 Å². The number of hydroxylamine groups is 3. The average Bonchev–Trinajstić information content (AvgIpc) is 2.59. The SMILES string of the molecule is CC(C)c1cccc(N2C=C(N)N(O)O2)c1. The lowest BCUT2D eigenvalue weighted by Gasteiger charge is -2.16. The molecule has 0 saturated heterocycles. The van der Waals surface area contributed by atoms with Gasteiger partial charge in [0.2, 0.25) is 0 Å². The molecule has 0 amide bonds. The second kappa shape index (κ2) is 4.03. The highest BCUT2D eigenvalue weighted by Crippen LogP contribution is 2.25. The van der Waals surface area contributed by atoms with Crippen molar-refractivity contribution in [3.8, 4) is 0 Å². The molecule has 1 heterocycles. The Morgan fingerprint density at radius 1 is 1.38 bits per heavy atom. The van der Waals surface area contributed by atoms with Crippen LogP contribution in [-0.2, 0) is 4.94 Å². The van der Waals surface area contributed by atoms with E-state index >= 15 is 0 Å². The van der Waals surface area contributed by atoms with Gasteiger partial charge >= 0.3 is 0 Å². The Balaban J connectivity index is 2.25. The van der Waals surface area contributed by atoms with Gasteiger partial charge < -0.3 is 5.73 Å². The number of anilines is 1. The predicted molar refractivity (Wildman–Crippen MR) is 60.0 cm³/mol. The fourth-order valence-corrected chi connectivity index (χ4v) is 1.47. The minimum absolute atomic E-state index is 0.148. The van der Waals surface area contributed by atoms with Gasteiger partial charge in [-0.05, 0) is 23.6 Å². The van der Waals surface area contributed by atoms with Gasteiger partial charge in [-0.15, -0.1) is 4.94 Å². The van der Waals surface area contributed by atoms with Crippen LogP contribution >= 0.6 is 0 Å². The third kappa shape index (κ3) is 1.95. The highest BCUT2D eigenvalue weighted by molar-refractivity contribution is 5.50. The zero-order chi connectivity index (χ0) is 11.7. The van der Waals surface area contributed by atoms with Gasteiger partial charge in [0.05, 0.1) is 11.9 Å². The Hall–Kier alpha value is -1.72. The third-order valence-corrected chi connectivity index (χ3v) is 2.43. The number of nitrogens with zero attached hydrogens (tertiary/aromatic N) is 2. The average molecular weight is 221 g/mol. The Bertz CT molecular complexity index is 417. The Morgan fingerprint density at radius 3 is 2.69 bits per heavy atom. The first-order valence-corrected chi connectivity index (χ1v) is 5.11. The molecule has 1 aliphatic rings. The summed E-state index contributed by atoms with van der Waals surface area (Å²) in [6.45, 7) is 4.24. The van der Waals surface area contributed by atoms with Crippen molar-refractivity contribution in [1.82, 2.24) is 5.23 Å². The summed E-state index contributed by atoms with van der Waals surface area (Å²) in [7, 11) is 0. The first-order chi connectivity index (χ1) is 7.58. The monoisotopic (exact) mass is 221 g/mol. The number of rotatable bonds is 2. The van der Waals surface area contributed by atoms with E-state index in [9.17, 15) is 5.21 Å². The third-order valence-electron chi connectivity index (χ3n) is 2.43. The minimum Gasteiger partial charge on any atom is -0.380 e.